The van der Waals surface area contributed by atoms with Crippen molar-refractivity contribution in [2.75, 3.05) is 72.2 Å². The fourth-order valence-electron chi connectivity index (χ4n) is 3.81. The van der Waals surface area contributed by atoms with Crippen LogP contribution in [0.15, 0.2) is 4.99 Å². The summed E-state index contributed by atoms with van der Waals surface area (Å²) < 4.78 is 11.3. The number of fused-ring (bicyclic) bond motifs is 3. The summed E-state index contributed by atoms with van der Waals surface area (Å²) in [7, 11) is 0. The third-order valence-corrected chi connectivity index (χ3v) is 5.28. The van der Waals surface area contributed by atoms with Crippen LogP contribution in [-0.2, 0) is 9.47 Å². The van der Waals surface area contributed by atoms with Gasteiger partial charge in [0.2, 0.25) is 0 Å². The fraction of sp³-hybridized carbons (Fsp3) is 0.944. The average molecular weight is 354 g/mol. The quantitative estimate of drug-likeness (QED) is 0.349. The van der Waals surface area contributed by atoms with Gasteiger partial charge in [-0.25, -0.2) is 0 Å². The molecule has 0 radical (unpaired) electrons. The lowest BCUT2D eigenvalue weighted by molar-refractivity contribution is 0.0167. The average Bonchev–Trinajstić information content (AvgIpc) is 3.17. The van der Waals surface area contributed by atoms with E-state index in [2.05, 4.69) is 27.4 Å². The SMILES string of the molecule is CCNC(=NCC1CN2CCN1CC2)NCCCOCC1CCCO1. The monoisotopic (exact) mass is 353 g/mol. The lowest BCUT2D eigenvalue weighted by atomic mass is 10.1. The molecule has 0 spiro atoms. The predicted molar refractivity (Wildman–Crippen MR) is 100 cm³/mol. The molecule has 0 aliphatic carbocycles. The number of guanidine groups is 1. The second-order valence-corrected chi connectivity index (χ2v) is 7.20. The Morgan fingerprint density at radius 2 is 2.12 bits per heavy atom. The molecule has 4 rings (SSSR count). The molecule has 4 heterocycles. The van der Waals surface area contributed by atoms with Crippen LogP contribution in [0, 0.1) is 0 Å². The van der Waals surface area contributed by atoms with Crippen LogP contribution in [-0.4, -0.2) is 100 Å². The summed E-state index contributed by atoms with van der Waals surface area (Å²) in [4.78, 5) is 9.95. The standard InChI is InChI=1S/C18H35N5O2/c1-2-19-18(20-6-4-11-24-15-17-5-3-12-25-17)21-13-16-14-22-7-9-23(16)10-8-22/h16-17H,2-15H2,1H3,(H2,19,20,21). The maximum atomic E-state index is 5.71. The number of aliphatic imine (C=N–C) groups is 1. The molecular weight excluding hydrogens is 318 g/mol. The Bertz CT molecular complexity index is 406. The highest BCUT2D eigenvalue weighted by atomic mass is 16.5. The van der Waals surface area contributed by atoms with Gasteiger partial charge < -0.3 is 20.1 Å². The molecule has 0 amide bonds. The maximum Gasteiger partial charge on any atom is 0.191 e. The highest BCUT2D eigenvalue weighted by Crippen LogP contribution is 2.15. The molecule has 2 unspecified atom stereocenters. The Morgan fingerprint density at radius 3 is 2.80 bits per heavy atom. The molecule has 4 fully saturated rings. The smallest absolute Gasteiger partial charge is 0.191 e. The van der Waals surface area contributed by atoms with Crippen LogP contribution in [0.4, 0.5) is 0 Å². The molecule has 2 atom stereocenters. The Kier molecular flexibility index (Phi) is 7.79. The molecule has 7 nitrogen and oxygen atoms in total. The number of hydrogen-bond donors (Lipinski definition) is 2. The fourth-order valence-corrected chi connectivity index (χ4v) is 3.81. The Labute approximate surface area is 152 Å². The zero-order valence-corrected chi connectivity index (χ0v) is 15.7. The van der Waals surface area contributed by atoms with Gasteiger partial charge in [-0.15, -0.1) is 0 Å². The van der Waals surface area contributed by atoms with Gasteiger partial charge in [-0.2, -0.15) is 0 Å². The summed E-state index contributed by atoms with van der Waals surface area (Å²) in [6, 6.07) is 0.577. The van der Waals surface area contributed by atoms with Crippen LogP contribution in [0.1, 0.15) is 26.2 Å². The molecule has 2 N–H and O–H groups in total. The van der Waals surface area contributed by atoms with Gasteiger partial charge in [-0.1, -0.05) is 0 Å². The Balaban J connectivity index is 1.30. The van der Waals surface area contributed by atoms with E-state index in [1.807, 2.05) is 0 Å². The first-order valence-electron chi connectivity index (χ1n) is 10.0. The van der Waals surface area contributed by atoms with Crippen molar-refractivity contribution in [1.29, 1.82) is 0 Å². The molecule has 0 saturated carbocycles. The van der Waals surface area contributed by atoms with E-state index in [0.717, 1.165) is 58.3 Å². The minimum Gasteiger partial charge on any atom is -0.379 e. The summed E-state index contributed by atoms with van der Waals surface area (Å²) in [5.74, 6) is 0.930. The van der Waals surface area contributed by atoms with Gasteiger partial charge in [0.15, 0.2) is 5.96 Å². The zero-order valence-electron chi connectivity index (χ0n) is 15.7. The highest BCUT2D eigenvalue weighted by molar-refractivity contribution is 5.79. The van der Waals surface area contributed by atoms with E-state index in [9.17, 15) is 0 Å². The predicted octanol–water partition coefficient (Wildman–Crippen LogP) is 0.127. The number of rotatable bonds is 9. The van der Waals surface area contributed by atoms with E-state index in [0.29, 0.717) is 12.1 Å². The normalized spacial score (nSPS) is 32.1. The van der Waals surface area contributed by atoms with Crippen LogP contribution >= 0.6 is 0 Å². The molecule has 4 saturated heterocycles. The molecule has 25 heavy (non-hydrogen) atoms. The van der Waals surface area contributed by atoms with Crippen LogP contribution < -0.4 is 10.6 Å². The van der Waals surface area contributed by atoms with Crippen molar-refractivity contribution in [2.24, 2.45) is 4.99 Å². The first-order valence-corrected chi connectivity index (χ1v) is 10.0. The lowest BCUT2D eigenvalue weighted by Gasteiger charge is -2.47. The van der Waals surface area contributed by atoms with Crippen molar-refractivity contribution < 1.29 is 9.47 Å². The van der Waals surface area contributed by atoms with Gasteiger partial charge in [0.25, 0.3) is 0 Å². The minimum absolute atomic E-state index is 0.323. The van der Waals surface area contributed by atoms with Gasteiger partial charge >= 0.3 is 0 Å². The van der Waals surface area contributed by atoms with Gasteiger partial charge in [-0.3, -0.25) is 14.8 Å². The molecule has 0 aromatic rings. The number of piperazine rings is 3. The van der Waals surface area contributed by atoms with Crippen LogP contribution in [0.25, 0.3) is 0 Å². The first-order chi connectivity index (χ1) is 12.3. The van der Waals surface area contributed by atoms with E-state index in [1.54, 1.807) is 0 Å². The van der Waals surface area contributed by atoms with Crippen molar-refractivity contribution in [3.63, 3.8) is 0 Å². The van der Waals surface area contributed by atoms with Crippen molar-refractivity contribution in [3.8, 4) is 0 Å². The molecule has 0 aromatic carbocycles. The molecule has 4 aliphatic heterocycles. The Morgan fingerprint density at radius 1 is 1.24 bits per heavy atom. The van der Waals surface area contributed by atoms with E-state index in [-0.39, 0.29) is 0 Å². The maximum absolute atomic E-state index is 5.71. The third kappa shape index (κ3) is 6.09. The van der Waals surface area contributed by atoms with Gasteiger partial charge in [0.05, 0.1) is 19.3 Å². The number of ether oxygens (including phenoxy) is 2. The van der Waals surface area contributed by atoms with Gasteiger partial charge in [0.1, 0.15) is 0 Å². The summed E-state index contributed by atoms with van der Waals surface area (Å²) >= 11 is 0. The topological polar surface area (TPSA) is 61.4 Å². The zero-order chi connectivity index (χ0) is 17.3. The van der Waals surface area contributed by atoms with E-state index in [1.165, 1.54) is 39.1 Å². The van der Waals surface area contributed by atoms with E-state index >= 15 is 0 Å². The molecule has 4 aliphatic rings. The van der Waals surface area contributed by atoms with Crippen LogP contribution in [0.2, 0.25) is 0 Å². The minimum atomic E-state index is 0.323. The largest absolute Gasteiger partial charge is 0.379 e. The molecular formula is C18H35N5O2. The lowest BCUT2D eigenvalue weighted by Crippen LogP contribution is -2.62. The van der Waals surface area contributed by atoms with E-state index in [4.69, 9.17) is 14.5 Å². The van der Waals surface area contributed by atoms with Crippen molar-refractivity contribution in [3.05, 3.63) is 0 Å². The number of nitrogens with zero attached hydrogens (tertiary/aromatic N) is 3. The summed E-state index contributed by atoms with van der Waals surface area (Å²) in [6.07, 6.45) is 3.63. The molecule has 144 valence electrons. The summed E-state index contributed by atoms with van der Waals surface area (Å²) in [6.45, 7) is 13.2. The summed E-state index contributed by atoms with van der Waals surface area (Å²) in [5.41, 5.74) is 0. The Hall–Kier alpha value is -0.890. The van der Waals surface area contributed by atoms with Gasteiger partial charge in [-0.05, 0) is 26.2 Å². The second-order valence-electron chi connectivity index (χ2n) is 7.20. The molecule has 2 bridgehead atoms. The number of nitrogens with one attached hydrogen (secondary N) is 2. The van der Waals surface area contributed by atoms with Crippen molar-refractivity contribution >= 4 is 5.96 Å². The highest BCUT2D eigenvalue weighted by Gasteiger charge is 2.31. The van der Waals surface area contributed by atoms with Gasteiger partial charge in [0, 0.05) is 65.1 Å². The molecule has 7 heteroatoms. The van der Waals surface area contributed by atoms with Crippen molar-refractivity contribution in [2.45, 2.75) is 38.3 Å². The van der Waals surface area contributed by atoms with Crippen molar-refractivity contribution in [1.82, 2.24) is 20.4 Å². The van der Waals surface area contributed by atoms with E-state index < -0.39 is 0 Å². The third-order valence-electron chi connectivity index (χ3n) is 5.28. The number of hydrogen-bond acceptors (Lipinski definition) is 5. The molecule has 0 aromatic heterocycles. The second kappa shape index (κ2) is 10.3. The summed E-state index contributed by atoms with van der Waals surface area (Å²) in [5, 5.41) is 6.78. The van der Waals surface area contributed by atoms with Crippen LogP contribution in [0.3, 0.4) is 0 Å². The van der Waals surface area contributed by atoms with Crippen LogP contribution in [0.5, 0.6) is 0 Å². The first kappa shape index (κ1) is 18.9.